The minimum Gasteiger partial charge on any atom is -0.508 e. The van der Waals surface area contributed by atoms with E-state index < -0.39 is 5.97 Å². The largest absolute Gasteiger partial charge is 0.508 e. The topological polar surface area (TPSA) is 68.1 Å². The summed E-state index contributed by atoms with van der Waals surface area (Å²) in [6, 6.07) is 6.57. The van der Waals surface area contributed by atoms with Crippen molar-refractivity contribution in [2.75, 3.05) is 13.2 Å². The van der Waals surface area contributed by atoms with Crippen molar-refractivity contribution in [3.05, 3.63) is 29.8 Å². The van der Waals surface area contributed by atoms with Gasteiger partial charge < -0.3 is 14.7 Å². The van der Waals surface area contributed by atoms with Crippen LogP contribution in [-0.2, 0) is 20.8 Å². The predicted molar refractivity (Wildman–Crippen MR) is 72.1 cm³/mol. The summed E-state index contributed by atoms with van der Waals surface area (Å²) in [6.07, 6.45) is 1.13. The van der Waals surface area contributed by atoms with Crippen LogP contribution in [0.2, 0.25) is 0 Å². The Hall–Kier alpha value is -2.04. The van der Waals surface area contributed by atoms with E-state index in [0.717, 1.165) is 12.0 Å². The number of phenolic OH excluding ortho intramolecular Hbond substituents is 1. The normalized spacial score (nSPS) is 11.2. The Bertz CT molecular complexity index is 426. The van der Waals surface area contributed by atoms with Gasteiger partial charge in [-0.25, -0.2) is 4.79 Å². The smallest absolute Gasteiger partial charge is 0.356 e. The standard InChI is InChI=1S/C14H19NO4/c1-3-9-19-15-13(14(17)18-4-2)10-11-5-7-12(16)8-6-11/h5-8,16H,3-4,9-10H2,1-2H3/b15-13-. The minimum atomic E-state index is -0.480. The Morgan fingerprint density at radius 1 is 1.26 bits per heavy atom. The number of esters is 1. The molecular formula is C14H19NO4. The Kier molecular flexibility index (Phi) is 6.43. The van der Waals surface area contributed by atoms with Gasteiger partial charge in [0.2, 0.25) is 0 Å². The summed E-state index contributed by atoms with van der Waals surface area (Å²) >= 11 is 0. The lowest BCUT2D eigenvalue weighted by Gasteiger charge is -2.06. The van der Waals surface area contributed by atoms with Gasteiger partial charge in [0.15, 0.2) is 5.71 Å². The molecule has 0 atom stereocenters. The van der Waals surface area contributed by atoms with Gasteiger partial charge in [0.05, 0.1) is 6.61 Å². The Balaban J connectivity index is 2.75. The molecule has 0 fully saturated rings. The molecule has 104 valence electrons. The van der Waals surface area contributed by atoms with Gasteiger partial charge in [-0.05, 0) is 31.0 Å². The number of rotatable bonds is 7. The molecule has 0 spiro atoms. The van der Waals surface area contributed by atoms with Crippen molar-refractivity contribution in [1.29, 1.82) is 0 Å². The van der Waals surface area contributed by atoms with E-state index in [9.17, 15) is 9.90 Å². The second-order valence-electron chi connectivity index (χ2n) is 3.93. The Morgan fingerprint density at radius 2 is 1.95 bits per heavy atom. The molecule has 0 saturated heterocycles. The molecule has 0 aliphatic carbocycles. The zero-order valence-electron chi connectivity index (χ0n) is 11.3. The molecule has 19 heavy (non-hydrogen) atoms. The van der Waals surface area contributed by atoms with Gasteiger partial charge in [0.25, 0.3) is 0 Å². The molecule has 5 heteroatoms. The fourth-order valence-electron chi connectivity index (χ4n) is 1.38. The Labute approximate surface area is 112 Å². The molecule has 1 aromatic rings. The summed E-state index contributed by atoms with van der Waals surface area (Å²) in [6.45, 7) is 4.45. The highest BCUT2D eigenvalue weighted by molar-refractivity contribution is 6.36. The first kappa shape index (κ1) is 15.0. The molecule has 5 nitrogen and oxygen atoms in total. The van der Waals surface area contributed by atoms with Crippen LogP contribution >= 0.6 is 0 Å². The molecule has 0 radical (unpaired) electrons. The van der Waals surface area contributed by atoms with Crippen LogP contribution in [0.25, 0.3) is 0 Å². The number of hydrogen-bond acceptors (Lipinski definition) is 5. The molecule has 0 aliphatic rings. The highest BCUT2D eigenvalue weighted by atomic mass is 16.6. The fraction of sp³-hybridized carbons (Fsp3) is 0.429. The summed E-state index contributed by atoms with van der Waals surface area (Å²) in [4.78, 5) is 16.8. The van der Waals surface area contributed by atoms with Crippen LogP contribution in [0.1, 0.15) is 25.8 Å². The minimum absolute atomic E-state index is 0.181. The van der Waals surface area contributed by atoms with Crippen LogP contribution in [0.3, 0.4) is 0 Å². The highest BCUT2D eigenvalue weighted by Gasteiger charge is 2.14. The number of phenols is 1. The summed E-state index contributed by atoms with van der Waals surface area (Å²) in [5, 5.41) is 13.0. The van der Waals surface area contributed by atoms with Gasteiger partial charge in [0, 0.05) is 6.42 Å². The number of oxime groups is 1. The van der Waals surface area contributed by atoms with Crippen molar-refractivity contribution in [3.8, 4) is 5.75 Å². The van der Waals surface area contributed by atoms with Crippen molar-refractivity contribution in [3.63, 3.8) is 0 Å². The average molecular weight is 265 g/mol. The van der Waals surface area contributed by atoms with Crippen LogP contribution in [-0.4, -0.2) is 30.0 Å². The molecule has 0 heterocycles. The van der Waals surface area contributed by atoms with Crippen LogP contribution in [0.5, 0.6) is 5.75 Å². The van der Waals surface area contributed by atoms with Gasteiger partial charge >= 0.3 is 5.97 Å². The van der Waals surface area contributed by atoms with Crippen LogP contribution in [0, 0.1) is 0 Å². The van der Waals surface area contributed by atoms with Gasteiger partial charge in [-0.15, -0.1) is 0 Å². The Morgan fingerprint density at radius 3 is 2.53 bits per heavy atom. The maximum atomic E-state index is 11.7. The monoisotopic (exact) mass is 265 g/mol. The maximum Gasteiger partial charge on any atom is 0.356 e. The average Bonchev–Trinajstić information content (AvgIpc) is 2.40. The van der Waals surface area contributed by atoms with Crippen LogP contribution in [0.4, 0.5) is 0 Å². The number of benzene rings is 1. The number of aromatic hydroxyl groups is 1. The second kappa shape index (κ2) is 8.13. The third-order valence-corrected chi connectivity index (χ3v) is 2.29. The van der Waals surface area contributed by atoms with Gasteiger partial charge in [-0.2, -0.15) is 0 Å². The number of carbonyl (C=O) groups excluding carboxylic acids is 1. The fourth-order valence-corrected chi connectivity index (χ4v) is 1.38. The third-order valence-electron chi connectivity index (χ3n) is 2.29. The summed E-state index contributed by atoms with van der Waals surface area (Å²) in [5.41, 5.74) is 1.07. The highest BCUT2D eigenvalue weighted by Crippen LogP contribution is 2.11. The molecule has 0 aromatic heterocycles. The van der Waals surface area contributed by atoms with E-state index >= 15 is 0 Å². The number of carbonyl (C=O) groups is 1. The molecular weight excluding hydrogens is 246 g/mol. The molecule has 0 unspecified atom stereocenters. The van der Waals surface area contributed by atoms with E-state index in [1.54, 1.807) is 31.2 Å². The predicted octanol–water partition coefficient (Wildman–Crippen LogP) is 2.28. The van der Waals surface area contributed by atoms with Crippen molar-refractivity contribution in [2.24, 2.45) is 5.16 Å². The third kappa shape index (κ3) is 5.42. The first-order chi connectivity index (χ1) is 9.17. The molecule has 0 saturated carbocycles. The van der Waals surface area contributed by atoms with Crippen LogP contribution in [0.15, 0.2) is 29.4 Å². The zero-order chi connectivity index (χ0) is 14.1. The summed E-state index contributed by atoms with van der Waals surface area (Å²) < 4.78 is 4.93. The maximum absolute atomic E-state index is 11.7. The van der Waals surface area contributed by atoms with Gasteiger partial charge in [0.1, 0.15) is 12.4 Å². The molecule has 1 aromatic carbocycles. The van der Waals surface area contributed by atoms with Gasteiger partial charge in [-0.3, -0.25) is 0 Å². The van der Waals surface area contributed by atoms with E-state index in [4.69, 9.17) is 9.57 Å². The second-order valence-corrected chi connectivity index (χ2v) is 3.93. The molecule has 0 bridgehead atoms. The van der Waals surface area contributed by atoms with Crippen molar-refractivity contribution >= 4 is 11.7 Å². The van der Waals surface area contributed by atoms with E-state index in [0.29, 0.717) is 19.6 Å². The lowest BCUT2D eigenvalue weighted by molar-refractivity contribution is -0.135. The SMILES string of the molecule is CCCO/N=C(/Cc1ccc(O)cc1)C(=O)OCC. The first-order valence-electron chi connectivity index (χ1n) is 6.31. The molecule has 0 aliphatic heterocycles. The lowest BCUT2D eigenvalue weighted by Crippen LogP contribution is -2.20. The molecule has 1 rings (SSSR count). The lowest BCUT2D eigenvalue weighted by atomic mass is 10.1. The zero-order valence-corrected chi connectivity index (χ0v) is 11.3. The number of ether oxygens (including phenoxy) is 1. The number of nitrogens with zero attached hydrogens (tertiary/aromatic N) is 1. The quantitative estimate of drug-likeness (QED) is 0.355. The van der Waals surface area contributed by atoms with E-state index in [-0.39, 0.29) is 11.5 Å². The first-order valence-corrected chi connectivity index (χ1v) is 6.31. The summed E-state index contributed by atoms with van der Waals surface area (Å²) in [7, 11) is 0. The van der Waals surface area contributed by atoms with Crippen molar-refractivity contribution in [1.82, 2.24) is 0 Å². The molecule has 0 amide bonds. The van der Waals surface area contributed by atoms with E-state index in [2.05, 4.69) is 5.16 Å². The van der Waals surface area contributed by atoms with Crippen LogP contribution < -0.4 is 0 Å². The van der Waals surface area contributed by atoms with Crippen molar-refractivity contribution in [2.45, 2.75) is 26.7 Å². The molecule has 1 N–H and O–H groups in total. The summed E-state index contributed by atoms with van der Waals surface area (Å²) in [5.74, 6) is -0.299. The number of hydrogen-bond donors (Lipinski definition) is 1. The van der Waals surface area contributed by atoms with Crippen molar-refractivity contribution < 1.29 is 19.5 Å². The van der Waals surface area contributed by atoms with E-state index in [1.807, 2.05) is 6.92 Å². The van der Waals surface area contributed by atoms with Gasteiger partial charge in [-0.1, -0.05) is 24.2 Å². The van der Waals surface area contributed by atoms with E-state index in [1.165, 1.54) is 0 Å².